The zero-order chi connectivity index (χ0) is 47.1. The Morgan fingerprint density at radius 1 is 0.333 bits per heavy atom. The van der Waals surface area contributed by atoms with E-state index in [1.54, 1.807) is 0 Å². The van der Waals surface area contributed by atoms with E-state index in [1.165, 1.54) is 86.9 Å². The van der Waals surface area contributed by atoms with Gasteiger partial charge < -0.3 is 14.1 Å². The standard InChI is InChI=1S/C68H41NO2S/c1-3-19-42(20-4-1)67(43-21-5-2-6-22-43)51-26-10-7-23-45(51)47-38-37-44(39-55(47)67)69(57-30-17-35-62-65(57)48-25-9-14-32-59(48)70-62)58-31-18-36-63-66(58)50-40-49-46-24-8-11-27-52(46)68(56(49)41-64(50)72-63)53-28-12-15-33-60(53)71-61-34-16-13-29-54(61)68/h1-41H. The van der Waals surface area contributed by atoms with Crippen LogP contribution in [0.15, 0.2) is 253 Å². The van der Waals surface area contributed by atoms with Crippen molar-refractivity contribution in [2.24, 2.45) is 0 Å². The van der Waals surface area contributed by atoms with Gasteiger partial charge in [-0.1, -0.05) is 182 Å². The van der Waals surface area contributed by atoms with Gasteiger partial charge in [-0.3, -0.25) is 0 Å². The van der Waals surface area contributed by atoms with Gasteiger partial charge in [-0.2, -0.15) is 0 Å². The van der Waals surface area contributed by atoms with Crippen molar-refractivity contribution in [2.75, 3.05) is 4.90 Å². The number of ether oxygens (including phenoxy) is 1. The summed E-state index contributed by atoms with van der Waals surface area (Å²) >= 11 is 1.88. The highest BCUT2D eigenvalue weighted by Crippen LogP contribution is 2.64. The lowest BCUT2D eigenvalue weighted by molar-refractivity contribution is 0.436. The van der Waals surface area contributed by atoms with Gasteiger partial charge in [-0.15, -0.1) is 11.3 Å². The number of nitrogens with zero attached hydrogens (tertiary/aromatic N) is 1. The predicted molar refractivity (Wildman–Crippen MR) is 296 cm³/mol. The molecule has 1 aliphatic heterocycles. The van der Waals surface area contributed by atoms with Crippen LogP contribution in [0.1, 0.15) is 44.5 Å². The number of rotatable bonds is 5. The van der Waals surface area contributed by atoms with Crippen molar-refractivity contribution in [3.63, 3.8) is 0 Å². The average molecular weight is 936 g/mol. The van der Waals surface area contributed by atoms with Crippen LogP contribution in [0.4, 0.5) is 17.1 Å². The number of benzene rings is 11. The molecule has 4 heteroatoms. The largest absolute Gasteiger partial charge is 0.457 e. The van der Waals surface area contributed by atoms with Gasteiger partial charge >= 0.3 is 0 Å². The zero-order valence-electron chi connectivity index (χ0n) is 38.8. The Balaban J connectivity index is 1.00. The van der Waals surface area contributed by atoms with Crippen LogP contribution in [0.5, 0.6) is 11.5 Å². The zero-order valence-corrected chi connectivity index (χ0v) is 39.7. The normalized spacial score (nSPS) is 14.2. The quantitative estimate of drug-likeness (QED) is 0.172. The molecule has 0 amide bonds. The van der Waals surface area contributed by atoms with Crippen molar-refractivity contribution < 1.29 is 9.15 Å². The molecular weight excluding hydrogens is 895 g/mol. The maximum absolute atomic E-state index is 6.71. The van der Waals surface area contributed by atoms with Gasteiger partial charge in [0.25, 0.3) is 0 Å². The molecule has 0 saturated heterocycles. The molecule has 0 atom stereocenters. The molecule has 72 heavy (non-hydrogen) atoms. The summed E-state index contributed by atoms with van der Waals surface area (Å²) in [5, 5.41) is 4.62. The molecule has 2 aliphatic carbocycles. The summed E-state index contributed by atoms with van der Waals surface area (Å²) in [7, 11) is 0. The van der Waals surface area contributed by atoms with Crippen LogP contribution in [0.25, 0.3) is 64.4 Å². The second-order valence-corrected chi connectivity index (χ2v) is 20.5. The maximum atomic E-state index is 6.71. The topological polar surface area (TPSA) is 25.6 Å². The maximum Gasteiger partial charge on any atom is 0.137 e. The molecule has 11 aromatic carbocycles. The molecule has 16 rings (SSSR count). The van der Waals surface area contributed by atoms with E-state index in [4.69, 9.17) is 9.15 Å². The van der Waals surface area contributed by atoms with E-state index in [-0.39, 0.29) is 0 Å². The van der Waals surface area contributed by atoms with Gasteiger partial charge in [0.2, 0.25) is 0 Å². The van der Waals surface area contributed by atoms with Crippen molar-refractivity contribution in [1.29, 1.82) is 0 Å². The molecule has 0 bridgehead atoms. The number of hydrogen-bond donors (Lipinski definition) is 0. The number of thiophene rings is 1. The molecule has 3 heterocycles. The Hall–Kier alpha value is -8.96. The first-order valence-electron chi connectivity index (χ1n) is 24.7. The van der Waals surface area contributed by atoms with Gasteiger partial charge in [0.1, 0.15) is 22.7 Å². The summed E-state index contributed by atoms with van der Waals surface area (Å²) in [5.74, 6) is 1.80. The smallest absolute Gasteiger partial charge is 0.137 e. The molecule has 0 radical (unpaired) electrons. The van der Waals surface area contributed by atoms with Crippen molar-refractivity contribution >= 4 is 70.5 Å². The van der Waals surface area contributed by atoms with Gasteiger partial charge in [-0.25, -0.2) is 0 Å². The van der Waals surface area contributed by atoms with Crippen LogP contribution in [-0.4, -0.2) is 0 Å². The monoisotopic (exact) mass is 935 g/mol. The molecule has 3 aliphatic rings. The van der Waals surface area contributed by atoms with Crippen LogP contribution in [0, 0.1) is 0 Å². The van der Waals surface area contributed by atoms with E-state index in [0.717, 1.165) is 50.5 Å². The lowest BCUT2D eigenvalue weighted by Crippen LogP contribution is -2.32. The van der Waals surface area contributed by atoms with Crippen LogP contribution < -0.4 is 9.64 Å². The summed E-state index contributed by atoms with van der Waals surface area (Å²) in [6, 6.07) is 91.6. The third-order valence-electron chi connectivity index (χ3n) is 16.0. The molecule has 0 fully saturated rings. The van der Waals surface area contributed by atoms with Crippen molar-refractivity contribution in [3.8, 4) is 33.8 Å². The Morgan fingerprint density at radius 3 is 1.60 bits per heavy atom. The molecule has 2 aromatic heterocycles. The Kier molecular flexibility index (Phi) is 8.18. The number of para-hydroxylation sites is 3. The first-order chi connectivity index (χ1) is 35.7. The molecule has 13 aromatic rings. The molecule has 0 unspecified atom stereocenters. The highest BCUT2D eigenvalue weighted by molar-refractivity contribution is 7.26. The SMILES string of the molecule is c1ccc(C2(c3ccccc3)c3ccccc3-c3ccc(N(c4cccc5oc6ccccc6c45)c4cccc5sc6cc7c(cc6c45)-c4ccccc4C74c5ccccc5Oc5ccccc54)cc32)cc1. The van der Waals surface area contributed by atoms with Crippen molar-refractivity contribution in [1.82, 2.24) is 0 Å². The Morgan fingerprint density at radius 2 is 0.875 bits per heavy atom. The fraction of sp³-hybridized carbons (Fsp3) is 0.0294. The first-order valence-corrected chi connectivity index (χ1v) is 25.6. The average Bonchev–Trinajstić information content (AvgIpc) is 4.18. The van der Waals surface area contributed by atoms with Gasteiger partial charge in [0, 0.05) is 42.4 Å². The van der Waals surface area contributed by atoms with Crippen LogP contribution in [0.3, 0.4) is 0 Å². The lowest BCUT2D eigenvalue weighted by atomic mass is 9.66. The lowest BCUT2D eigenvalue weighted by Gasteiger charge is -2.39. The minimum atomic E-state index is -0.573. The fourth-order valence-electron chi connectivity index (χ4n) is 13.3. The summed E-state index contributed by atoms with van der Waals surface area (Å²) in [6.07, 6.45) is 0. The summed E-state index contributed by atoms with van der Waals surface area (Å²) in [4.78, 5) is 2.52. The minimum Gasteiger partial charge on any atom is -0.457 e. The fourth-order valence-corrected chi connectivity index (χ4v) is 14.4. The minimum absolute atomic E-state index is 0.555. The molecular formula is C68H41NO2S. The van der Waals surface area contributed by atoms with E-state index < -0.39 is 10.8 Å². The number of fused-ring (bicyclic) bond motifs is 18. The third kappa shape index (κ3) is 5.13. The third-order valence-corrected chi connectivity index (χ3v) is 17.1. The van der Waals surface area contributed by atoms with Crippen LogP contribution >= 0.6 is 11.3 Å². The summed E-state index contributed by atoms with van der Waals surface area (Å²) in [6.45, 7) is 0. The molecule has 0 saturated carbocycles. The number of furan rings is 1. The van der Waals surface area contributed by atoms with Gasteiger partial charge in [0.05, 0.1) is 27.6 Å². The van der Waals surface area contributed by atoms with Gasteiger partial charge in [-0.05, 0) is 122 Å². The van der Waals surface area contributed by atoms with E-state index in [9.17, 15) is 0 Å². The van der Waals surface area contributed by atoms with E-state index >= 15 is 0 Å². The first kappa shape index (κ1) is 39.8. The number of anilines is 3. The molecule has 1 spiro atoms. The molecule has 0 N–H and O–H groups in total. The Bertz CT molecular complexity index is 4310. The number of hydrogen-bond acceptors (Lipinski definition) is 4. The molecule has 336 valence electrons. The second kappa shape index (κ2) is 14.8. The van der Waals surface area contributed by atoms with Crippen LogP contribution in [-0.2, 0) is 10.8 Å². The van der Waals surface area contributed by atoms with Crippen molar-refractivity contribution in [3.05, 3.63) is 293 Å². The van der Waals surface area contributed by atoms with E-state index in [1.807, 2.05) is 11.3 Å². The van der Waals surface area contributed by atoms with Crippen LogP contribution in [0.2, 0.25) is 0 Å². The van der Waals surface area contributed by atoms with Gasteiger partial charge in [0.15, 0.2) is 0 Å². The van der Waals surface area contributed by atoms with Crippen molar-refractivity contribution in [2.45, 2.75) is 10.8 Å². The Labute approximate surface area is 420 Å². The highest BCUT2D eigenvalue weighted by Gasteiger charge is 2.51. The predicted octanol–water partition coefficient (Wildman–Crippen LogP) is 18.3. The second-order valence-electron chi connectivity index (χ2n) is 19.4. The molecule has 3 nitrogen and oxygen atoms in total. The highest BCUT2D eigenvalue weighted by atomic mass is 32.1. The van der Waals surface area contributed by atoms with E-state index in [0.29, 0.717) is 0 Å². The summed E-state index contributed by atoms with van der Waals surface area (Å²) < 4.78 is 15.9. The van der Waals surface area contributed by atoms with E-state index in [2.05, 4.69) is 254 Å². The summed E-state index contributed by atoms with van der Waals surface area (Å²) in [5.41, 5.74) is 18.8.